The van der Waals surface area contributed by atoms with Crippen LogP contribution in [0.25, 0.3) is 0 Å². The zero-order valence-electron chi connectivity index (χ0n) is 13.2. The van der Waals surface area contributed by atoms with Gasteiger partial charge in [-0.25, -0.2) is 13.4 Å². The molecule has 0 aliphatic carbocycles. The fourth-order valence-electron chi connectivity index (χ4n) is 2.19. The molecule has 0 unspecified atom stereocenters. The van der Waals surface area contributed by atoms with Crippen LogP contribution >= 0.6 is 11.3 Å². The van der Waals surface area contributed by atoms with Gasteiger partial charge in [-0.05, 0) is 17.9 Å². The molecule has 0 spiro atoms. The highest BCUT2D eigenvalue weighted by Gasteiger charge is 2.23. The maximum Gasteiger partial charge on any atom is 0.214 e. The van der Waals surface area contributed by atoms with Crippen molar-refractivity contribution in [1.82, 2.24) is 9.29 Å². The van der Waals surface area contributed by atoms with Gasteiger partial charge in [-0.3, -0.25) is 0 Å². The largest absolute Gasteiger partial charge is 0.248 e. The van der Waals surface area contributed by atoms with Gasteiger partial charge in [0.1, 0.15) is 5.01 Å². The van der Waals surface area contributed by atoms with Gasteiger partial charge in [-0.2, -0.15) is 4.31 Å². The molecule has 2 aromatic rings. The number of aromatic nitrogens is 1. The van der Waals surface area contributed by atoms with E-state index in [4.69, 9.17) is 0 Å². The van der Waals surface area contributed by atoms with E-state index >= 15 is 0 Å². The minimum atomic E-state index is -3.30. The van der Waals surface area contributed by atoms with Crippen LogP contribution in [0.3, 0.4) is 0 Å². The van der Waals surface area contributed by atoms with E-state index in [2.05, 4.69) is 11.9 Å². The lowest BCUT2D eigenvalue weighted by molar-refractivity contribution is 0.463. The summed E-state index contributed by atoms with van der Waals surface area (Å²) in [6.45, 7) is 4.35. The summed E-state index contributed by atoms with van der Waals surface area (Å²) in [6.07, 6.45) is 2.76. The van der Waals surface area contributed by atoms with E-state index < -0.39 is 10.0 Å². The van der Waals surface area contributed by atoms with Gasteiger partial charge in [-0.15, -0.1) is 11.3 Å². The molecule has 22 heavy (non-hydrogen) atoms. The Balaban J connectivity index is 2.02. The highest BCUT2D eigenvalue weighted by Crippen LogP contribution is 2.20. The molecule has 1 aromatic heterocycles. The summed E-state index contributed by atoms with van der Waals surface area (Å²) in [4.78, 5) is 5.47. The standard InChI is InChI=1S/C16H22N2O2S2/c1-4-15-10-17-16(21-15)11-18(3)22(19,20)12-13(2)14-8-6-5-7-9-14/h5-10,13H,4,11-12H2,1-3H3/t13-/m1/s1. The van der Waals surface area contributed by atoms with Crippen LogP contribution in [0.15, 0.2) is 36.5 Å². The van der Waals surface area contributed by atoms with Crippen molar-refractivity contribution in [3.63, 3.8) is 0 Å². The molecule has 120 valence electrons. The number of rotatable bonds is 7. The predicted molar refractivity (Wildman–Crippen MR) is 91.6 cm³/mol. The number of nitrogens with zero attached hydrogens (tertiary/aromatic N) is 2. The molecule has 4 nitrogen and oxygen atoms in total. The zero-order chi connectivity index (χ0) is 16.2. The fourth-order valence-corrected chi connectivity index (χ4v) is 4.59. The van der Waals surface area contributed by atoms with Gasteiger partial charge in [0.15, 0.2) is 0 Å². The smallest absolute Gasteiger partial charge is 0.214 e. The molecular formula is C16H22N2O2S2. The summed E-state index contributed by atoms with van der Waals surface area (Å²) >= 11 is 1.58. The number of hydrogen-bond acceptors (Lipinski definition) is 4. The maximum atomic E-state index is 12.5. The van der Waals surface area contributed by atoms with Crippen molar-refractivity contribution < 1.29 is 8.42 Å². The third-order valence-corrected chi connectivity index (χ3v) is 6.74. The van der Waals surface area contributed by atoms with E-state index in [-0.39, 0.29) is 11.7 Å². The topological polar surface area (TPSA) is 50.3 Å². The van der Waals surface area contributed by atoms with E-state index in [9.17, 15) is 8.42 Å². The highest BCUT2D eigenvalue weighted by atomic mass is 32.2. The molecule has 0 fully saturated rings. The summed E-state index contributed by atoms with van der Waals surface area (Å²) in [5.41, 5.74) is 1.04. The van der Waals surface area contributed by atoms with E-state index in [0.717, 1.165) is 17.0 Å². The van der Waals surface area contributed by atoms with E-state index in [1.165, 1.54) is 9.18 Å². The van der Waals surface area contributed by atoms with Crippen molar-refractivity contribution in [2.45, 2.75) is 32.7 Å². The zero-order valence-corrected chi connectivity index (χ0v) is 14.8. The number of thiazole rings is 1. The van der Waals surface area contributed by atoms with E-state index in [1.807, 2.05) is 43.5 Å². The molecule has 6 heteroatoms. The quantitative estimate of drug-likeness (QED) is 0.778. The Morgan fingerprint density at radius 2 is 1.95 bits per heavy atom. The van der Waals surface area contributed by atoms with Crippen LogP contribution in [-0.2, 0) is 23.0 Å². The third-order valence-electron chi connectivity index (χ3n) is 3.61. The minimum absolute atomic E-state index is 0.0313. The molecule has 0 aliphatic rings. The van der Waals surface area contributed by atoms with Gasteiger partial charge in [0.05, 0.1) is 12.3 Å². The lowest BCUT2D eigenvalue weighted by Crippen LogP contribution is -2.30. The highest BCUT2D eigenvalue weighted by molar-refractivity contribution is 7.89. The van der Waals surface area contributed by atoms with Crippen LogP contribution in [0.2, 0.25) is 0 Å². The Hall–Kier alpha value is -1.24. The lowest BCUT2D eigenvalue weighted by Gasteiger charge is -2.19. The number of sulfonamides is 1. The number of hydrogen-bond donors (Lipinski definition) is 0. The van der Waals surface area contributed by atoms with Gasteiger partial charge in [-0.1, -0.05) is 44.2 Å². The second-order valence-corrected chi connectivity index (χ2v) is 8.74. The first-order chi connectivity index (χ1) is 10.4. The Kier molecular flexibility index (Phi) is 5.72. The van der Waals surface area contributed by atoms with Crippen molar-refractivity contribution >= 4 is 21.4 Å². The third kappa shape index (κ3) is 4.38. The normalized spacial score (nSPS) is 13.5. The predicted octanol–water partition coefficient (Wildman–Crippen LogP) is 3.27. The molecule has 0 N–H and O–H groups in total. The van der Waals surface area contributed by atoms with E-state index in [0.29, 0.717) is 6.54 Å². The van der Waals surface area contributed by atoms with Crippen LogP contribution in [-0.4, -0.2) is 30.5 Å². The molecular weight excluding hydrogens is 316 g/mol. The Morgan fingerprint density at radius 3 is 2.55 bits per heavy atom. The fraction of sp³-hybridized carbons (Fsp3) is 0.438. The van der Waals surface area contributed by atoms with E-state index in [1.54, 1.807) is 18.4 Å². The van der Waals surface area contributed by atoms with Crippen molar-refractivity contribution in [3.05, 3.63) is 52.0 Å². The Morgan fingerprint density at radius 1 is 1.27 bits per heavy atom. The molecule has 1 atom stereocenters. The second kappa shape index (κ2) is 7.35. The number of benzene rings is 1. The first-order valence-corrected chi connectivity index (χ1v) is 9.77. The minimum Gasteiger partial charge on any atom is -0.248 e. The lowest BCUT2D eigenvalue weighted by atomic mass is 10.0. The maximum absolute atomic E-state index is 12.5. The Bertz CT molecular complexity index is 696. The molecule has 1 heterocycles. The van der Waals surface area contributed by atoms with Crippen LogP contribution in [0.5, 0.6) is 0 Å². The summed E-state index contributed by atoms with van der Waals surface area (Å²) in [6, 6.07) is 9.74. The van der Waals surface area contributed by atoms with Gasteiger partial charge in [0.2, 0.25) is 10.0 Å². The average molecular weight is 338 g/mol. The molecule has 2 rings (SSSR count). The van der Waals surface area contributed by atoms with Crippen LogP contribution in [0, 0.1) is 0 Å². The van der Waals surface area contributed by atoms with Crippen LogP contribution in [0.1, 0.15) is 35.2 Å². The van der Waals surface area contributed by atoms with Gasteiger partial charge < -0.3 is 0 Å². The van der Waals surface area contributed by atoms with Gasteiger partial charge in [0, 0.05) is 18.1 Å². The molecule has 0 amide bonds. The first-order valence-electron chi connectivity index (χ1n) is 7.35. The van der Waals surface area contributed by atoms with Gasteiger partial charge in [0.25, 0.3) is 0 Å². The van der Waals surface area contributed by atoms with Crippen LogP contribution < -0.4 is 0 Å². The number of aryl methyl sites for hydroxylation is 1. The van der Waals surface area contributed by atoms with Crippen molar-refractivity contribution in [1.29, 1.82) is 0 Å². The Labute approximate surface area is 136 Å². The molecule has 0 bridgehead atoms. The SMILES string of the molecule is CCc1cnc(CN(C)S(=O)(=O)C[C@@H](C)c2ccccc2)s1. The second-order valence-electron chi connectivity index (χ2n) is 5.42. The van der Waals surface area contributed by atoms with Crippen molar-refractivity contribution in [2.24, 2.45) is 0 Å². The van der Waals surface area contributed by atoms with Crippen LogP contribution in [0.4, 0.5) is 0 Å². The molecule has 1 aromatic carbocycles. The summed E-state index contributed by atoms with van der Waals surface area (Å²) in [5.74, 6) is 0.0793. The van der Waals surface area contributed by atoms with Gasteiger partial charge >= 0.3 is 0 Å². The monoisotopic (exact) mass is 338 g/mol. The molecule has 0 saturated heterocycles. The van der Waals surface area contributed by atoms with Crippen molar-refractivity contribution in [2.75, 3.05) is 12.8 Å². The summed E-state index contributed by atoms with van der Waals surface area (Å²) in [7, 11) is -1.68. The average Bonchev–Trinajstić information content (AvgIpc) is 2.95. The molecule has 0 radical (unpaired) electrons. The summed E-state index contributed by atoms with van der Waals surface area (Å²) in [5, 5.41) is 0.843. The molecule has 0 aliphatic heterocycles. The first kappa shape index (κ1) is 17.1. The summed E-state index contributed by atoms with van der Waals surface area (Å²) < 4.78 is 26.4. The molecule has 0 saturated carbocycles. The van der Waals surface area contributed by atoms with Crippen molar-refractivity contribution in [3.8, 4) is 0 Å².